The lowest BCUT2D eigenvalue weighted by Gasteiger charge is -2.13. The van der Waals surface area contributed by atoms with Gasteiger partial charge in [0.2, 0.25) is 11.1 Å². The number of aryl methyl sites for hydroxylation is 2. The van der Waals surface area contributed by atoms with Crippen LogP contribution in [0.1, 0.15) is 28.8 Å². The highest BCUT2D eigenvalue weighted by molar-refractivity contribution is 6.28. The van der Waals surface area contributed by atoms with E-state index in [0.717, 1.165) is 11.3 Å². The van der Waals surface area contributed by atoms with Crippen LogP contribution in [0.4, 0.5) is 0 Å². The Bertz CT molecular complexity index is 605. The molecule has 6 nitrogen and oxygen atoms in total. The molecule has 1 N–H and O–H groups in total. The van der Waals surface area contributed by atoms with Gasteiger partial charge < -0.3 is 5.32 Å². The van der Waals surface area contributed by atoms with Gasteiger partial charge in [0, 0.05) is 31.4 Å². The molecule has 0 radical (unpaired) electrons. The summed E-state index contributed by atoms with van der Waals surface area (Å²) in [7, 11) is 1.63. The van der Waals surface area contributed by atoms with Gasteiger partial charge in [0.05, 0.1) is 0 Å². The predicted octanol–water partition coefficient (Wildman–Crippen LogP) is 1.53. The Balaban J connectivity index is 1.99. The third-order valence-electron chi connectivity index (χ3n) is 2.91. The molecule has 106 valence electrons. The number of hydrogen-bond acceptors (Lipinski definition) is 4. The Labute approximate surface area is 122 Å². The zero-order valence-corrected chi connectivity index (χ0v) is 12.3. The maximum Gasteiger partial charge on any atom is 0.291 e. The first-order valence-electron chi connectivity index (χ1n) is 6.25. The number of carbonyl (C=O) groups excluding carboxylic acids is 1. The summed E-state index contributed by atoms with van der Waals surface area (Å²) in [6, 6.07) is 3.82. The van der Waals surface area contributed by atoms with Gasteiger partial charge in [0.25, 0.3) is 5.91 Å². The number of hydrogen-bond donors (Lipinski definition) is 1. The van der Waals surface area contributed by atoms with Crippen LogP contribution in [0.3, 0.4) is 0 Å². The van der Waals surface area contributed by atoms with E-state index in [4.69, 9.17) is 11.6 Å². The van der Waals surface area contributed by atoms with Gasteiger partial charge in [-0.1, -0.05) is 6.07 Å². The van der Waals surface area contributed by atoms with Crippen molar-refractivity contribution < 1.29 is 4.79 Å². The zero-order valence-electron chi connectivity index (χ0n) is 11.6. The average Bonchev–Trinajstić information content (AvgIpc) is 2.72. The molecule has 0 saturated carbocycles. The van der Waals surface area contributed by atoms with Crippen LogP contribution in [-0.2, 0) is 13.5 Å². The number of carbonyl (C=O) groups is 1. The molecular weight excluding hydrogens is 278 g/mol. The van der Waals surface area contributed by atoms with Crippen molar-refractivity contribution in [3.8, 4) is 0 Å². The normalized spacial score (nSPS) is 12.2. The molecule has 0 aliphatic carbocycles. The lowest BCUT2D eigenvalue weighted by atomic mass is 10.1. The highest BCUT2D eigenvalue weighted by Crippen LogP contribution is 2.07. The first-order valence-corrected chi connectivity index (χ1v) is 6.63. The van der Waals surface area contributed by atoms with Gasteiger partial charge in [-0.15, -0.1) is 5.10 Å². The number of halogens is 1. The first kappa shape index (κ1) is 14.5. The van der Waals surface area contributed by atoms with E-state index in [9.17, 15) is 4.79 Å². The Kier molecular flexibility index (Phi) is 4.34. The molecule has 0 saturated heterocycles. The van der Waals surface area contributed by atoms with Crippen molar-refractivity contribution in [2.24, 2.45) is 7.05 Å². The van der Waals surface area contributed by atoms with Gasteiger partial charge in [0.15, 0.2) is 0 Å². The summed E-state index contributed by atoms with van der Waals surface area (Å²) in [6.45, 7) is 3.91. The number of pyridine rings is 1. The van der Waals surface area contributed by atoms with Crippen molar-refractivity contribution in [3.63, 3.8) is 0 Å². The largest absolute Gasteiger partial charge is 0.346 e. The second kappa shape index (κ2) is 6.00. The number of aromatic nitrogens is 4. The van der Waals surface area contributed by atoms with E-state index in [1.54, 1.807) is 13.2 Å². The van der Waals surface area contributed by atoms with Crippen molar-refractivity contribution in [1.29, 1.82) is 0 Å². The van der Waals surface area contributed by atoms with Crippen LogP contribution in [0.25, 0.3) is 0 Å². The third-order valence-corrected chi connectivity index (χ3v) is 3.24. The molecule has 2 heterocycles. The van der Waals surface area contributed by atoms with E-state index in [1.807, 2.05) is 26.0 Å². The fraction of sp³-hybridized carbons (Fsp3) is 0.385. The molecule has 2 rings (SSSR count). The van der Waals surface area contributed by atoms with Crippen LogP contribution in [-0.4, -0.2) is 31.7 Å². The van der Waals surface area contributed by atoms with E-state index < -0.39 is 0 Å². The fourth-order valence-electron chi connectivity index (χ4n) is 1.82. The lowest BCUT2D eigenvalue weighted by molar-refractivity contribution is 0.0929. The molecule has 7 heteroatoms. The van der Waals surface area contributed by atoms with Crippen molar-refractivity contribution in [2.75, 3.05) is 0 Å². The van der Waals surface area contributed by atoms with E-state index in [-0.39, 0.29) is 23.1 Å². The Morgan fingerprint density at radius 1 is 1.55 bits per heavy atom. The smallest absolute Gasteiger partial charge is 0.291 e. The molecule has 1 amide bonds. The first-order chi connectivity index (χ1) is 9.47. The molecule has 0 aliphatic rings. The summed E-state index contributed by atoms with van der Waals surface area (Å²) < 4.78 is 1.35. The molecule has 0 aliphatic heterocycles. The maximum atomic E-state index is 12.0. The highest BCUT2D eigenvalue weighted by Gasteiger charge is 2.16. The molecule has 0 spiro atoms. The van der Waals surface area contributed by atoms with Gasteiger partial charge in [-0.3, -0.25) is 9.78 Å². The minimum absolute atomic E-state index is 0.0707. The van der Waals surface area contributed by atoms with Gasteiger partial charge in [0.1, 0.15) is 0 Å². The maximum absolute atomic E-state index is 12.0. The van der Waals surface area contributed by atoms with E-state index in [0.29, 0.717) is 6.42 Å². The summed E-state index contributed by atoms with van der Waals surface area (Å²) in [4.78, 5) is 20.2. The van der Waals surface area contributed by atoms with E-state index in [2.05, 4.69) is 20.4 Å². The van der Waals surface area contributed by atoms with Crippen LogP contribution >= 0.6 is 11.6 Å². The molecule has 0 aromatic carbocycles. The fourth-order valence-corrected chi connectivity index (χ4v) is 1.94. The van der Waals surface area contributed by atoms with Crippen molar-refractivity contribution in [3.05, 3.63) is 40.7 Å². The number of nitrogens with one attached hydrogen (secondary N) is 1. The van der Waals surface area contributed by atoms with Gasteiger partial charge in [-0.05, 0) is 37.1 Å². The number of rotatable bonds is 4. The van der Waals surface area contributed by atoms with Gasteiger partial charge in [-0.25, -0.2) is 4.68 Å². The summed E-state index contributed by atoms with van der Waals surface area (Å²) >= 11 is 5.76. The highest BCUT2D eigenvalue weighted by atomic mass is 35.5. The SMILES string of the molecule is Cc1cccnc1CC(C)NC(=O)c1nc(Cl)n(C)n1. The molecule has 0 bridgehead atoms. The van der Waals surface area contributed by atoms with Gasteiger partial charge in [-0.2, -0.15) is 4.98 Å². The Morgan fingerprint density at radius 3 is 2.90 bits per heavy atom. The van der Waals surface area contributed by atoms with Crippen molar-refractivity contribution >= 4 is 17.5 Å². The Morgan fingerprint density at radius 2 is 2.30 bits per heavy atom. The van der Waals surface area contributed by atoms with Crippen LogP contribution < -0.4 is 5.32 Å². The standard InChI is InChI=1S/C13H16ClN5O/c1-8-5-4-6-15-10(8)7-9(2)16-12(20)11-17-13(14)19(3)18-11/h4-6,9H,7H2,1-3H3,(H,16,20). The second-order valence-corrected chi connectivity index (χ2v) is 5.01. The molecule has 1 atom stereocenters. The van der Waals surface area contributed by atoms with Crippen LogP contribution in [0.2, 0.25) is 5.28 Å². The molecule has 0 fully saturated rings. The summed E-state index contributed by atoms with van der Waals surface area (Å²) in [5, 5.41) is 6.95. The Hall–Kier alpha value is -1.95. The minimum Gasteiger partial charge on any atom is -0.346 e. The predicted molar refractivity (Wildman–Crippen MR) is 75.6 cm³/mol. The third kappa shape index (κ3) is 3.33. The average molecular weight is 294 g/mol. The van der Waals surface area contributed by atoms with E-state index >= 15 is 0 Å². The molecule has 1 unspecified atom stereocenters. The van der Waals surface area contributed by atoms with Crippen LogP contribution in [0.15, 0.2) is 18.3 Å². The van der Waals surface area contributed by atoms with Gasteiger partial charge >= 0.3 is 0 Å². The number of nitrogens with zero attached hydrogens (tertiary/aromatic N) is 4. The van der Waals surface area contributed by atoms with Crippen molar-refractivity contribution in [1.82, 2.24) is 25.1 Å². The zero-order chi connectivity index (χ0) is 14.7. The summed E-state index contributed by atoms with van der Waals surface area (Å²) in [5.41, 5.74) is 2.07. The lowest BCUT2D eigenvalue weighted by Crippen LogP contribution is -2.35. The summed E-state index contributed by atoms with van der Waals surface area (Å²) in [6.07, 6.45) is 2.40. The second-order valence-electron chi connectivity index (χ2n) is 4.67. The van der Waals surface area contributed by atoms with Crippen LogP contribution in [0.5, 0.6) is 0 Å². The minimum atomic E-state index is -0.339. The van der Waals surface area contributed by atoms with E-state index in [1.165, 1.54) is 4.68 Å². The number of amides is 1. The molecule has 2 aromatic heterocycles. The topological polar surface area (TPSA) is 72.7 Å². The van der Waals surface area contributed by atoms with Crippen molar-refractivity contribution in [2.45, 2.75) is 26.3 Å². The monoisotopic (exact) mass is 293 g/mol. The molecule has 2 aromatic rings. The van der Waals surface area contributed by atoms with Crippen LogP contribution in [0, 0.1) is 6.92 Å². The summed E-state index contributed by atoms with van der Waals surface area (Å²) in [5.74, 6) is -0.268. The quantitative estimate of drug-likeness (QED) is 0.928. The molecule has 20 heavy (non-hydrogen) atoms. The molecular formula is C13H16ClN5O.